The van der Waals surface area contributed by atoms with Crippen molar-refractivity contribution in [1.29, 1.82) is 0 Å². The molecule has 1 N–H and O–H groups in total. The van der Waals surface area contributed by atoms with Crippen molar-refractivity contribution in [3.63, 3.8) is 0 Å². The lowest BCUT2D eigenvalue weighted by molar-refractivity contribution is -0.142. The lowest BCUT2D eigenvalue weighted by atomic mass is 9.85. The van der Waals surface area contributed by atoms with Crippen molar-refractivity contribution in [2.24, 2.45) is 13.0 Å². The van der Waals surface area contributed by atoms with E-state index in [9.17, 15) is 23.5 Å². The third-order valence-electron chi connectivity index (χ3n) is 4.73. The Morgan fingerprint density at radius 3 is 2.60 bits per heavy atom. The predicted molar refractivity (Wildman–Crippen MR) is 86.5 cm³/mol. The summed E-state index contributed by atoms with van der Waals surface area (Å²) in [6, 6.07) is 5.55. The number of aryl methyl sites for hydroxylation is 1. The van der Waals surface area contributed by atoms with Gasteiger partial charge < -0.3 is 10.0 Å². The van der Waals surface area contributed by atoms with Crippen LogP contribution in [0.25, 0.3) is 0 Å². The first kappa shape index (κ1) is 17.1. The molecular weight excluding hydrogens is 332 g/mol. The fourth-order valence-corrected chi connectivity index (χ4v) is 3.44. The molecule has 1 aliphatic rings. The van der Waals surface area contributed by atoms with Crippen LogP contribution in [0.5, 0.6) is 0 Å². The zero-order chi connectivity index (χ0) is 18.3. The van der Waals surface area contributed by atoms with Crippen LogP contribution < -0.4 is 10.5 Å². The van der Waals surface area contributed by atoms with Gasteiger partial charge in [-0.2, -0.15) is 5.10 Å². The number of anilines is 1. The van der Waals surface area contributed by atoms with Gasteiger partial charge in [0, 0.05) is 37.7 Å². The number of nitrogens with zero attached hydrogens (tertiary/aromatic N) is 3. The quantitative estimate of drug-likeness (QED) is 0.914. The molecule has 0 saturated carbocycles. The van der Waals surface area contributed by atoms with E-state index in [-0.39, 0.29) is 17.7 Å². The van der Waals surface area contributed by atoms with Crippen molar-refractivity contribution in [1.82, 2.24) is 9.78 Å². The van der Waals surface area contributed by atoms with Gasteiger partial charge in [0.2, 0.25) is 0 Å². The smallest absolute Gasteiger partial charge is 0.309 e. The summed E-state index contributed by atoms with van der Waals surface area (Å²) in [7, 11) is 1.50. The molecule has 1 fully saturated rings. The van der Waals surface area contributed by atoms with Crippen molar-refractivity contribution in [2.45, 2.75) is 18.9 Å². The second kappa shape index (κ2) is 6.27. The normalized spacial score (nSPS) is 23.0. The summed E-state index contributed by atoms with van der Waals surface area (Å²) in [5.41, 5.74) is -0.125. The summed E-state index contributed by atoms with van der Waals surface area (Å²) in [5, 5.41) is 13.8. The number of benzene rings is 1. The minimum atomic E-state index is -1.06. The highest BCUT2D eigenvalue weighted by atomic mass is 19.1. The summed E-state index contributed by atoms with van der Waals surface area (Å²) in [5.74, 6) is -3.65. The summed E-state index contributed by atoms with van der Waals surface area (Å²) < 4.78 is 28.5. The number of hydrogen-bond donors (Lipinski definition) is 1. The molecule has 1 unspecified atom stereocenters. The van der Waals surface area contributed by atoms with Gasteiger partial charge in [-0.1, -0.05) is 6.07 Å². The Labute approximate surface area is 142 Å². The second-order valence-electron chi connectivity index (χ2n) is 6.18. The number of aliphatic carboxylic acids is 1. The zero-order valence-electron chi connectivity index (χ0n) is 13.7. The maximum Gasteiger partial charge on any atom is 0.309 e. The SMILES string of the molecule is CC1[C@@H](C(=O)O)[C@H](c2ccc(F)cc2F)CN1c1ccc(=O)n(C)n1. The number of hydrogen-bond acceptors (Lipinski definition) is 4. The van der Waals surface area contributed by atoms with E-state index >= 15 is 0 Å². The number of carbonyl (C=O) groups is 1. The molecule has 1 aromatic carbocycles. The van der Waals surface area contributed by atoms with E-state index in [0.717, 1.165) is 16.8 Å². The first-order chi connectivity index (χ1) is 11.8. The summed E-state index contributed by atoms with van der Waals surface area (Å²) in [4.78, 5) is 25.0. The molecule has 6 nitrogen and oxygen atoms in total. The van der Waals surface area contributed by atoms with Gasteiger partial charge >= 0.3 is 5.97 Å². The van der Waals surface area contributed by atoms with Crippen LogP contribution in [0.15, 0.2) is 35.1 Å². The Kier molecular flexibility index (Phi) is 4.28. The van der Waals surface area contributed by atoms with Gasteiger partial charge in [0.1, 0.15) is 17.5 Å². The topological polar surface area (TPSA) is 75.4 Å². The van der Waals surface area contributed by atoms with Crippen LogP contribution in [0.4, 0.5) is 14.6 Å². The Morgan fingerprint density at radius 1 is 1.28 bits per heavy atom. The average molecular weight is 349 g/mol. The van der Waals surface area contributed by atoms with Gasteiger partial charge in [-0.3, -0.25) is 9.59 Å². The highest BCUT2D eigenvalue weighted by molar-refractivity contribution is 5.74. The Hall–Kier alpha value is -2.77. The molecule has 1 aromatic heterocycles. The van der Waals surface area contributed by atoms with E-state index < -0.39 is 35.5 Å². The molecule has 0 amide bonds. The van der Waals surface area contributed by atoms with E-state index in [1.165, 1.54) is 25.2 Å². The second-order valence-corrected chi connectivity index (χ2v) is 6.18. The number of rotatable bonds is 3. The molecule has 0 spiro atoms. The number of aromatic nitrogens is 2. The molecule has 0 radical (unpaired) electrons. The molecule has 1 aliphatic heterocycles. The van der Waals surface area contributed by atoms with Gasteiger partial charge in [-0.15, -0.1) is 0 Å². The average Bonchev–Trinajstić information content (AvgIpc) is 2.87. The molecule has 2 heterocycles. The van der Waals surface area contributed by atoms with Gasteiger partial charge in [0.05, 0.1) is 5.92 Å². The summed E-state index contributed by atoms with van der Waals surface area (Å²) >= 11 is 0. The van der Waals surface area contributed by atoms with Crippen molar-refractivity contribution in [3.05, 3.63) is 57.9 Å². The molecule has 0 aliphatic carbocycles. The van der Waals surface area contributed by atoms with Gasteiger partial charge in [-0.05, 0) is 24.6 Å². The van der Waals surface area contributed by atoms with Crippen LogP contribution in [0.3, 0.4) is 0 Å². The van der Waals surface area contributed by atoms with Crippen molar-refractivity contribution >= 4 is 11.8 Å². The van der Waals surface area contributed by atoms with Crippen LogP contribution in [0.1, 0.15) is 18.4 Å². The highest BCUT2D eigenvalue weighted by Gasteiger charge is 2.45. The lowest BCUT2D eigenvalue weighted by Gasteiger charge is -2.24. The van der Waals surface area contributed by atoms with Crippen LogP contribution >= 0.6 is 0 Å². The third-order valence-corrected chi connectivity index (χ3v) is 4.73. The molecule has 3 rings (SSSR count). The van der Waals surface area contributed by atoms with Gasteiger partial charge in [0.25, 0.3) is 5.56 Å². The number of carboxylic acids is 1. The molecular formula is C17H17F2N3O3. The van der Waals surface area contributed by atoms with E-state index in [1.807, 2.05) is 0 Å². The summed E-state index contributed by atoms with van der Waals surface area (Å²) in [6.45, 7) is 1.92. The zero-order valence-corrected chi connectivity index (χ0v) is 13.7. The largest absolute Gasteiger partial charge is 0.481 e. The minimum Gasteiger partial charge on any atom is -0.481 e. The van der Waals surface area contributed by atoms with Crippen LogP contribution in [-0.2, 0) is 11.8 Å². The van der Waals surface area contributed by atoms with E-state index in [0.29, 0.717) is 5.82 Å². The number of halogens is 2. The molecule has 0 bridgehead atoms. The first-order valence-electron chi connectivity index (χ1n) is 7.78. The summed E-state index contributed by atoms with van der Waals surface area (Å²) in [6.07, 6.45) is 0. The van der Waals surface area contributed by atoms with E-state index in [1.54, 1.807) is 11.8 Å². The molecule has 2 aromatic rings. The third kappa shape index (κ3) is 2.99. The van der Waals surface area contributed by atoms with Crippen molar-refractivity contribution in [2.75, 3.05) is 11.4 Å². The van der Waals surface area contributed by atoms with Crippen molar-refractivity contribution in [3.8, 4) is 0 Å². The molecule has 132 valence electrons. The minimum absolute atomic E-state index is 0.160. The Bertz CT molecular complexity index is 884. The Balaban J connectivity index is 2.03. The van der Waals surface area contributed by atoms with Gasteiger partial charge in [0.15, 0.2) is 0 Å². The molecule has 1 saturated heterocycles. The molecule has 8 heteroatoms. The predicted octanol–water partition coefficient (Wildman–Crippen LogP) is 1.75. The standard InChI is InChI=1S/C17H17F2N3O3/c1-9-16(17(24)25)12(11-4-3-10(18)7-13(11)19)8-22(9)14-5-6-15(23)21(2)20-14/h3-7,9,12,16H,8H2,1-2H3,(H,24,25)/t9?,12-,16+/m0/s1. The van der Waals surface area contributed by atoms with E-state index in [2.05, 4.69) is 5.10 Å². The van der Waals surface area contributed by atoms with Crippen LogP contribution in [0, 0.1) is 17.6 Å². The van der Waals surface area contributed by atoms with Gasteiger partial charge in [-0.25, -0.2) is 13.5 Å². The van der Waals surface area contributed by atoms with Crippen LogP contribution in [0.2, 0.25) is 0 Å². The molecule has 25 heavy (non-hydrogen) atoms. The molecule has 3 atom stereocenters. The fraction of sp³-hybridized carbons (Fsp3) is 0.353. The fourth-order valence-electron chi connectivity index (χ4n) is 3.44. The number of carboxylic acid groups (broad SMARTS) is 1. The van der Waals surface area contributed by atoms with Crippen molar-refractivity contribution < 1.29 is 18.7 Å². The maximum atomic E-state index is 14.2. The van der Waals surface area contributed by atoms with E-state index in [4.69, 9.17) is 0 Å². The van der Waals surface area contributed by atoms with Crippen LogP contribution in [-0.4, -0.2) is 33.4 Å². The maximum absolute atomic E-state index is 14.2. The Morgan fingerprint density at radius 2 is 2.00 bits per heavy atom. The monoisotopic (exact) mass is 349 g/mol. The lowest BCUT2D eigenvalue weighted by Crippen LogP contribution is -2.35. The first-order valence-corrected chi connectivity index (χ1v) is 7.78. The highest BCUT2D eigenvalue weighted by Crippen LogP contribution is 2.40.